The molecule has 2 aromatic carbocycles. The largest absolute Gasteiger partial charge is 0.357 e. The number of nitrogens with zero attached hydrogens (tertiary/aromatic N) is 2. The van der Waals surface area contributed by atoms with Gasteiger partial charge in [-0.15, -0.1) is 0 Å². The van der Waals surface area contributed by atoms with E-state index in [-0.39, 0.29) is 4.90 Å². The molecule has 0 aliphatic rings. The van der Waals surface area contributed by atoms with Crippen LogP contribution in [0.3, 0.4) is 0 Å². The Morgan fingerprint density at radius 1 is 1.05 bits per heavy atom. The number of fused-ring (bicyclic) bond motifs is 1. The summed E-state index contributed by atoms with van der Waals surface area (Å²) in [6.07, 6.45) is 0. The van der Waals surface area contributed by atoms with Crippen molar-refractivity contribution in [1.82, 2.24) is 4.98 Å². The number of aromatic nitrogens is 1. The fourth-order valence-electron chi connectivity index (χ4n) is 2.11. The smallest absolute Gasteiger partial charge is 0.238 e. The fraction of sp³-hybridized carbons (Fsp3) is 0.0667. The minimum atomic E-state index is -3.68. The summed E-state index contributed by atoms with van der Waals surface area (Å²) in [6, 6.07) is 16.0. The summed E-state index contributed by atoms with van der Waals surface area (Å²) in [5, 5.41) is 14.3. The molecule has 0 unspecified atom stereocenters. The molecule has 0 aliphatic carbocycles. The van der Waals surface area contributed by atoms with Crippen LogP contribution in [0.25, 0.3) is 10.9 Å². The van der Waals surface area contributed by atoms with Crippen LogP contribution in [0.4, 0.5) is 5.69 Å². The fourth-order valence-corrected chi connectivity index (χ4v) is 2.63. The molecule has 112 valence electrons. The third-order valence-electron chi connectivity index (χ3n) is 3.18. The second-order valence-electron chi connectivity index (χ2n) is 4.82. The molecule has 0 aliphatic heterocycles. The third-order valence-corrected chi connectivity index (χ3v) is 4.11. The van der Waals surface area contributed by atoms with Crippen LogP contribution >= 0.6 is 0 Å². The molecule has 3 N–H and O–H groups in total. The average Bonchev–Trinajstić information content (AvgIpc) is 2.89. The van der Waals surface area contributed by atoms with Gasteiger partial charge in [0.2, 0.25) is 10.0 Å². The number of nitrogens with one attached hydrogen (secondary N) is 1. The van der Waals surface area contributed by atoms with Crippen molar-refractivity contribution >= 4 is 26.6 Å². The van der Waals surface area contributed by atoms with Gasteiger partial charge in [-0.05, 0) is 41.8 Å². The van der Waals surface area contributed by atoms with Gasteiger partial charge in [-0.3, -0.25) is 0 Å². The molecule has 7 heteroatoms. The van der Waals surface area contributed by atoms with E-state index >= 15 is 0 Å². The molecule has 0 amide bonds. The van der Waals surface area contributed by atoms with Crippen molar-refractivity contribution in [3.8, 4) is 0 Å². The van der Waals surface area contributed by atoms with E-state index in [0.717, 1.165) is 16.6 Å². The summed E-state index contributed by atoms with van der Waals surface area (Å²) in [5.41, 5.74) is 2.60. The monoisotopic (exact) mass is 314 g/mol. The maximum Gasteiger partial charge on any atom is 0.238 e. The first-order valence-electron chi connectivity index (χ1n) is 6.59. The van der Waals surface area contributed by atoms with E-state index in [1.165, 1.54) is 12.1 Å². The number of para-hydroxylation sites is 1. The van der Waals surface area contributed by atoms with Gasteiger partial charge in [0.1, 0.15) is 6.54 Å². The first-order chi connectivity index (χ1) is 10.5. The molecule has 0 saturated carbocycles. The van der Waals surface area contributed by atoms with Crippen molar-refractivity contribution in [3.63, 3.8) is 0 Å². The van der Waals surface area contributed by atoms with E-state index < -0.39 is 10.0 Å². The van der Waals surface area contributed by atoms with Gasteiger partial charge in [-0.25, -0.2) is 13.6 Å². The molecular formula is C15H14N4O2S. The van der Waals surface area contributed by atoms with E-state index in [1.54, 1.807) is 12.1 Å². The lowest BCUT2D eigenvalue weighted by atomic mass is 10.2. The summed E-state index contributed by atoms with van der Waals surface area (Å²) in [5.74, 6) is 0. The molecule has 1 aromatic heterocycles. The standard InChI is InChI=1S/C15H14N4O2S/c16-22(20,21)14-7-5-12(6-8-14)19-17-10-13-9-11-3-1-2-4-15(11)18-13/h1-9,18H,10H2,(H2,16,20,21). The van der Waals surface area contributed by atoms with Crippen molar-refractivity contribution in [2.24, 2.45) is 15.4 Å². The Kier molecular flexibility index (Phi) is 3.74. The predicted octanol–water partition coefficient (Wildman–Crippen LogP) is 3.10. The summed E-state index contributed by atoms with van der Waals surface area (Å²) in [4.78, 5) is 3.32. The SMILES string of the molecule is NS(=O)(=O)c1ccc(N=NCc2cc3ccccc3[nH]2)cc1. The number of primary sulfonamides is 1. The summed E-state index contributed by atoms with van der Waals surface area (Å²) < 4.78 is 22.3. The van der Waals surface area contributed by atoms with Crippen LogP contribution in [0, 0.1) is 0 Å². The summed E-state index contributed by atoms with van der Waals surface area (Å²) in [7, 11) is -3.68. The van der Waals surface area contributed by atoms with Gasteiger partial charge in [0.25, 0.3) is 0 Å². The van der Waals surface area contributed by atoms with Crippen molar-refractivity contribution in [2.75, 3.05) is 0 Å². The van der Waals surface area contributed by atoms with Crippen molar-refractivity contribution < 1.29 is 8.42 Å². The maximum atomic E-state index is 11.1. The molecule has 0 spiro atoms. The van der Waals surface area contributed by atoms with Crippen LogP contribution in [0.1, 0.15) is 5.69 Å². The van der Waals surface area contributed by atoms with Gasteiger partial charge in [0.15, 0.2) is 0 Å². The number of hydrogen-bond acceptors (Lipinski definition) is 4. The van der Waals surface area contributed by atoms with Gasteiger partial charge >= 0.3 is 0 Å². The van der Waals surface area contributed by atoms with Gasteiger partial charge < -0.3 is 4.98 Å². The van der Waals surface area contributed by atoms with Gasteiger partial charge in [-0.2, -0.15) is 10.2 Å². The number of rotatable bonds is 4. The highest BCUT2D eigenvalue weighted by molar-refractivity contribution is 7.89. The molecule has 0 radical (unpaired) electrons. The van der Waals surface area contributed by atoms with Crippen LogP contribution in [-0.4, -0.2) is 13.4 Å². The van der Waals surface area contributed by atoms with Gasteiger partial charge in [0.05, 0.1) is 10.6 Å². The van der Waals surface area contributed by atoms with E-state index in [9.17, 15) is 8.42 Å². The zero-order chi connectivity index (χ0) is 15.6. The van der Waals surface area contributed by atoms with Gasteiger partial charge in [-0.1, -0.05) is 18.2 Å². The molecule has 0 bridgehead atoms. The Balaban J connectivity index is 1.71. The zero-order valence-corrected chi connectivity index (χ0v) is 12.4. The Morgan fingerprint density at radius 2 is 1.77 bits per heavy atom. The number of H-pyrrole nitrogens is 1. The zero-order valence-electron chi connectivity index (χ0n) is 11.6. The molecule has 3 aromatic rings. The molecule has 0 fully saturated rings. The quantitative estimate of drug-likeness (QED) is 0.723. The Labute approximate surface area is 127 Å². The second-order valence-corrected chi connectivity index (χ2v) is 6.38. The molecule has 1 heterocycles. The van der Waals surface area contributed by atoms with Crippen LogP contribution in [0.5, 0.6) is 0 Å². The highest BCUT2D eigenvalue weighted by Gasteiger charge is 2.06. The molecule has 0 atom stereocenters. The van der Waals surface area contributed by atoms with Crippen molar-refractivity contribution in [1.29, 1.82) is 0 Å². The molecule has 6 nitrogen and oxygen atoms in total. The van der Waals surface area contributed by atoms with Crippen LogP contribution in [0.15, 0.2) is 69.7 Å². The Bertz CT molecular complexity index is 895. The van der Waals surface area contributed by atoms with Crippen LogP contribution in [-0.2, 0) is 16.6 Å². The number of azo groups is 1. The first kappa shape index (κ1) is 14.4. The lowest BCUT2D eigenvalue weighted by Crippen LogP contribution is -2.11. The summed E-state index contributed by atoms with van der Waals surface area (Å²) >= 11 is 0. The van der Waals surface area contributed by atoms with E-state index in [1.807, 2.05) is 30.3 Å². The van der Waals surface area contributed by atoms with Crippen LogP contribution < -0.4 is 5.14 Å². The van der Waals surface area contributed by atoms with E-state index in [2.05, 4.69) is 15.2 Å². The highest BCUT2D eigenvalue weighted by Crippen LogP contribution is 2.18. The van der Waals surface area contributed by atoms with Gasteiger partial charge in [0, 0.05) is 11.2 Å². The van der Waals surface area contributed by atoms with E-state index in [4.69, 9.17) is 5.14 Å². The molecule has 0 saturated heterocycles. The molecule has 3 rings (SSSR count). The third kappa shape index (κ3) is 3.21. The number of aromatic amines is 1. The highest BCUT2D eigenvalue weighted by atomic mass is 32.2. The predicted molar refractivity (Wildman–Crippen MR) is 84.3 cm³/mol. The molecule has 22 heavy (non-hydrogen) atoms. The first-order valence-corrected chi connectivity index (χ1v) is 8.14. The van der Waals surface area contributed by atoms with Crippen molar-refractivity contribution in [2.45, 2.75) is 11.4 Å². The number of nitrogens with two attached hydrogens (primary N) is 1. The summed E-state index contributed by atoms with van der Waals surface area (Å²) in [6.45, 7) is 0.422. The lowest BCUT2D eigenvalue weighted by Gasteiger charge is -1.97. The maximum absolute atomic E-state index is 11.1. The topological polar surface area (TPSA) is 101 Å². The Morgan fingerprint density at radius 3 is 2.45 bits per heavy atom. The minimum Gasteiger partial charge on any atom is -0.357 e. The number of benzene rings is 2. The minimum absolute atomic E-state index is 0.0575. The normalized spacial score (nSPS) is 12.2. The number of hydrogen-bond donors (Lipinski definition) is 2. The Hall–Kier alpha value is -2.51. The molecular weight excluding hydrogens is 300 g/mol. The average molecular weight is 314 g/mol. The van der Waals surface area contributed by atoms with E-state index in [0.29, 0.717) is 12.2 Å². The second kappa shape index (κ2) is 5.70. The number of sulfonamides is 1. The lowest BCUT2D eigenvalue weighted by molar-refractivity contribution is 0.598. The van der Waals surface area contributed by atoms with Crippen molar-refractivity contribution in [3.05, 3.63) is 60.3 Å². The van der Waals surface area contributed by atoms with Crippen LogP contribution in [0.2, 0.25) is 0 Å².